The van der Waals surface area contributed by atoms with E-state index in [0.29, 0.717) is 22.8 Å². The van der Waals surface area contributed by atoms with Crippen molar-refractivity contribution in [3.63, 3.8) is 0 Å². The molecule has 1 amide bonds. The lowest BCUT2D eigenvalue weighted by Gasteiger charge is -2.11. The van der Waals surface area contributed by atoms with E-state index in [9.17, 15) is 4.79 Å². The highest BCUT2D eigenvalue weighted by Crippen LogP contribution is 2.33. The van der Waals surface area contributed by atoms with Crippen molar-refractivity contribution in [1.82, 2.24) is 9.99 Å². The van der Waals surface area contributed by atoms with Gasteiger partial charge in [-0.05, 0) is 18.2 Å². The Morgan fingerprint density at radius 1 is 1.17 bits per heavy atom. The highest BCUT2D eigenvalue weighted by molar-refractivity contribution is 5.86. The summed E-state index contributed by atoms with van der Waals surface area (Å²) in [5.74, 6) is 1.47. The van der Waals surface area contributed by atoms with E-state index < -0.39 is 0 Å². The molecule has 2 aromatic rings. The SMILES string of the molecule is COc1cc(OC)c(OC)cc1/C=N\NC(=O)Cc1cccn1C. The van der Waals surface area contributed by atoms with Crippen LogP contribution in [-0.2, 0) is 18.3 Å². The third kappa shape index (κ3) is 4.07. The predicted octanol–water partition coefficient (Wildman–Crippen LogP) is 1.74. The third-order valence-electron chi connectivity index (χ3n) is 3.52. The number of nitrogens with one attached hydrogen (secondary N) is 1. The first kappa shape index (κ1) is 17.4. The second-order valence-electron chi connectivity index (χ2n) is 5.03. The lowest BCUT2D eigenvalue weighted by Crippen LogP contribution is -2.20. The number of ether oxygens (including phenoxy) is 3. The van der Waals surface area contributed by atoms with Crippen molar-refractivity contribution < 1.29 is 19.0 Å². The first-order valence-electron chi connectivity index (χ1n) is 7.31. The molecule has 0 fully saturated rings. The van der Waals surface area contributed by atoms with E-state index in [1.165, 1.54) is 6.21 Å². The molecule has 128 valence electrons. The lowest BCUT2D eigenvalue weighted by molar-refractivity contribution is -0.120. The maximum atomic E-state index is 11.9. The molecule has 0 aliphatic heterocycles. The molecule has 24 heavy (non-hydrogen) atoms. The van der Waals surface area contributed by atoms with E-state index in [1.807, 2.05) is 29.9 Å². The number of hydrogen-bond acceptors (Lipinski definition) is 5. The van der Waals surface area contributed by atoms with Gasteiger partial charge in [-0.25, -0.2) is 5.43 Å². The Bertz CT molecular complexity index is 737. The van der Waals surface area contributed by atoms with Crippen LogP contribution in [0.5, 0.6) is 17.2 Å². The van der Waals surface area contributed by atoms with Gasteiger partial charge in [-0.1, -0.05) is 0 Å². The van der Waals surface area contributed by atoms with Gasteiger partial charge in [0.25, 0.3) is 0 Å². The Morgan fingerprint density at radius 2 is 1.83 bits per heavy atom. The van der Waals surface area contributed by atoms with Crippen LogP contribution >= 0.6 is 0 Å². The molecule has 0 saturated carbocycles. The van der Waals surface area contributed by atoms with Gasteiger partial charge in [0.05, 0.1) is 34.0 Å². The fraction of sp³-hybridized carbons (Fsp3) is 0.294. The molecule has 0 radical (unpaired) electrons. The van der Waals surface area contributed by atoms with Crippen molar-refractivity contribution in [3.8, 4) is 17.2 Å². The van der Waals surface area contributed by atoms with Crippen LogP contribution in [0.2, 0.25) is 0 Å². The summed E-state index contributed by atoms with van der Waals surface area (Å²) in [6.07, 6.45) is 3.65. The summed E-state index contributed by atoms with van der Waals surface area (Å²) in [5, 5.41) is 3.98. The van der Waals surface area contributed by atoms with Gasteiger partial charge in [-0.3, -0.25) is 4.79 Å². The molecule has 1 N–H and O–H groups in total. The van der Waals surface area contributed by atoms with Crippen LogP contribution in [-0.4, -0.2) is 38.0 Å². The van der Waals surface area contributed by atoms with Crippen molar-refractivity contribution in [2.75, 3.05) is 21.3 Å². The number of benzene rings is 1. The maximum Gasteiger partial charge on any atom is 0.245 e. The molecule has 7 heteroatoms. The molecule has 2 rings (SSSR count). The number of carbonyl (C=O) groups excluding carboxylic acids is 1. The quantitative estimate of drug-likeness (QED) is 0.619. The smallest absolute Gasteiger partial charge is 0.245 e. The topological polar surface area (TPSA) is 74.1 Å². The van der Waals surface area contributed by atoms with Gasteiger partial charge < -0.3 is 18.8 Å². The molecule has 0 saturated heterocycles. The maximum absolute atomic E-state index is 11.9. The van der Waals surface area contributed by atoms with E-state index in [-0.39, 0.29) is 12.3 Å². The molecule has 7 nitrogen and oxygen atoms in total. The van der Waals surface area contributed by atoms with Crippen LogP contribution in [0.25, 0.3) is 0 Å². The molecule has 1 aromatic heterocycles. The van der Waals surface area contributed by atoms with Crippen LogP contribution in [0, 0.1) is 0 Å². The number of hydrogen-bond donors (Lipinski definition) is 1. The molecule has 0 bridgehead atoms. The standard InChI is InChI=1S/C17H21N3O4/c1-20-7-5-6-13(20)9-17(21)19-18-11-12-8-15(23-3)16(24-4)10-14(12)22-2/h5-8,10-11H,9H2,1-4H3,(H,19,21)/b18-11-. The van der Waals surface area contributed by atoms with Gasteiger partial charge in [-0.15, -0.1) is 0 Å². The van der Waals surface area contributed by atoms with Crippen molar-refractivity contribution in [2.45, 2.75) is 6.42 Å². The molecule has 0 atom stereocenters. The van der Waals surface area contributed by atoms with Crippen LogP contribution in [0.15, 0.2) is 35.6 Å². The first-order valence-corrected chi connectivity index (χ1v) is 7.31. The summed E-state index contributed by atoms with van der Waals surface area (Å²) in [6.45, 7) is 0. The average Bonchev–Trinajstić information content (AvgIpc) is 2.99. The van der Waals surface area contributed by atoms with Crippen molar-refractivity contribution in [1.29, 1.82) is 0 Å². The van der Waals surface area contributed by atoms with Gasteiger partial charge in [0.2, 0.25) is 5.91 Å². The molecule has 0 aliphatic rings. The Morgan fingerprint density at radius 3 is 2.42 bits per heavy atom. The van der Waals surface area contributed by atoms with Crippen molar-refractivity contribution in [3.05, 3.63) is 41.7 Å². The van der Waals surface area contributed by atoms with Crippen LogP contribution in [0.4, 0.5) is 0 Å². The predicted molar refractivity (Wildman–Crippen MR) is 91.0 cm³/mol. The van der Waals surface area contributed by atoms with Crippen LogP contribution < -0.4 is 19.6 Å². The molecular weight excluding hydrogens is 310 g/mol. The van der Waals surface area contributed by atoms with Crippen LogP contribution in [0.1, 0.15) is 11.3 Å². The number of amides is 1. The van der Waals surface area contributed by atoms with E-state index in [1.54, 1.807) is 33.5 Å². The number of aromatic nitrogens is 1. The van der Waals surface area contributed by atoms with E-state index in [0.717, 1.165) is 5.69 Å². The highest BCUT2D eigenvalue weighted by Gasteiger charge is 2.10. The number of hydrazone groups is 1. The summed E-state index contributed by atoms with van der Waals surface area (Å²) in [5.41, 5.74) is 4.07. The Kier molecular flexibility index (Phi) is 5.83. The lowest BCUT2D eigenvalue weighted by atomic mass is 10.2. The zero-order chi connectivity index (χ0) is 17.5. The largest absolute Gasteiger partial charge is 0.496 e. The second kappa shape index (κ2) is 8.05. The first-order chi connectivity index (χ1) is 11.6. The van der Waals surface area contributed by atoms with Gasteiger partial charge in [0.1, 0.15) is 5.75 Å². The minimum atomic E-state index is -0.201. The number of carbonyl (C=O) groups is 1. The molecular formula is C17H21N3O4. The van der Waals surface area contributed by atoms with E-state index >= 15 is 0 Å². The monoisotopic (exact) mass is 331 g/mol. The van der Waals surface area contributed by atoms with Gasteiger partial charge in [0.15, 0.2) is 11.5 Å². The number of methoxy groups -OCH3 is 3. The highest BCUT2D eigenvalue weighted by atomic mass is 16.5. The zero-order valence-corrected chi connectivity index (χ0v) is 14.2. The van der Waals surface area contributed by atoms with Gasteiger partial charge >= 0.3 is 0 Å². The molecule has 0 aliphatic carbocycles. The van der Waals surface area contributed by atoms with Crippen molar-refractivity contribution in [2.24, 2.45) is 12.1 Å². The zero-order valence-electron chi connectivity index (χ0n) is 14.2. The average molecular weight is 331 g/mol. The van der Waals surface area contributed by atoms with Gasteiger partial charge in [0, 0.05) is 30.6 Å². The summed E-state index contributed by atoms with van der Waals surface area (Å²) < 4.78 is 17.7. The normalized spacial score (nSPS) is 10.7. The van der Waals surface area contributed by atoms with Gasteiger partial charge in [-0.2, -0.15) is 5.10 Å². The minimum Gasteiger partial charge on any atom is -0.496 e. The minimum absolute atomic E-state index is 0.201. The Hall–Kier alpha value is -2.96. The number of nitrogens with zero attached hydrogens (tertiary/aromatic N) is 2. The fourth-order valence-electron chi connectivity index (χ4n) is 2.21. The summed E-state index contributed by atoms with van der Waals surface area (Å²) >= 11 is 0. The Balaban J connectivity index is 2.08. The fourth-order valence-corrected chi connectivity index (χ4v) is 2.21. The summed E-state index contributed by atoms with van der Waals surface area (Å²) in [4.78, 5) is 11.9. The molecule has 1 aromatic carbocycles. The molecule has 0 spiro atoms. The molecule has 1 heterocycles. The van der Waals surface area contributed by atoms with E-state index in [4.69, 9.17) is 14.2 Å². The van der Waals surface area contributed by atoms with E-state index in [2.05, 4.69) is 10.5 Å². The molecule has 0 unspecified atom stereocenters. The Labute approximate surface area is 140 Å². The second-order valence-corrected chi connectivity index (χ2v) is 5.03. The summed E-state index contributed by atoms with van der Waals surface area (Å²) in [6, 6.07) is 7.21. The third-order valence-corrected chi connectivity index (χ3v) is 3.52. The number of aryl methyl sites for hydroxylation is 1. The number of rotatable bonds is 7. The van der Waals surface area contributed by atoms with Crippen LogP contribution in [0.3, 0.4) is 0 Å². The summed E-state index contributed by atoms with van der Waals surface area (Å²) in [7, 11) is 6.54. The van der Waals surface area contributed by atoms with Crippen molar-refractivity contribution >= 4 is 12.1 Å².